The molecule has 92 valence electrons. The summed E-state index contributed by atoms with van der Waals surface area (Å²) in [5.41, 5.74) is 1.30. The Balaban J connectivity index is 1.92. The molecule has 0 saturated carbocycles. The number of carbonyl (C=O) groups excluding carboxylic acids is 1. The van der Waals surface area contributed by atoms with Gasteiger partial charge in [-0.1, -0.05) is 30.3 Å². The van der Waals surface area contributed by atoms with E-state index >= 15 is 0 Å². The zero-order valence-electron chi connectivity index (χ0n) is 10.1. The molecule has 0 spiro atoms. The van der Waals surface area contributed by atoms with E-state index < -0.39 is 0 Å². The van der Waals surface area contributed by atoms with Crippen molar-refractivity contribution < 1.29 is 4.79 Å². The molecule has 1 aliphatic heterocycles. The van der Waals surface area contributed by atoms with Crippen LogP contribution in [-0.2, 0) is 11.3 Å². The second kappa shape index (κ2) is 5.80. The maximum absolute atomic E-state index is 11.6. The summed E-state index contributed by atoms with van der Waals surface area (Å²) in [6.45, 7) is 3.54. The number of likely N-dealkylation sites (N-methyl/N-ethyl adjacent to an activating group) is 1. The van der Waals surface area contributed by atoms with Crippen LogP contribution in [0.3, 0.4) is 0 Å². The number of amides is 1. The Kier molecular flexibility index (Phi) is 4.12. The monoisotopic (exact) mass is 233 g/mol. The lowest BCUT2D eigenvalue weighted by Gasteiger charge is -2.32. The first-order valence-electron chi connectivity index (χ1n) is 6.01. The Morgan fingerprint density at radius 1 is 1.47 bits per heavy atom. The van der Waals surface area contributed by atoms with Crippen molar-refractivity contribution >= 4 is 5.91 Å². The van der Waals surface area contributed by atoms with Gasteiger partial charge in [-0.05, 0) is 5.56 Å². The maximum Gasteiger partial charge on any atom is 0.238 e. The Morgan fingerprint density at radius 3 is 2.94 bits per heavy atom. The number of carbonyl (C=O) groups is 1. The molecule has 0 aliphatic carbocycles. The molecule has 0 aromatic heterocycles. The average Bonchev–Trinajstić information content (AvgIpc) is 2.39. The topological polar surface area (TPSA) is 44.4 Å². The van der Waals surface area contributed by atoms with Crippen LogP contribution in [0.25, 0.3) is 0 Å². The van der Waals surface area contributed by atoms with Crippen molar-refractivity contribution in [1.82, 2.24) is 15.5 Å². The van der Waals surface area contributed by atoms with Crippen molar-refractivity contribution in [1.29, 1.82) is 0 Å². The van der Waals surface area contributed by atoms with Gasteiger partial charge in [0.15, 0.2) is 0 Å². The molecule has 0 radical (unpaired) electrons. The fourth-order valence-electron chi connectivity index (χ4n) is 2.15. The molecule has 1 heterocycles. The summed E-state index contributed by atoms with van der Waals surface area (Å²) in [5, 5.41) is 5.92. The molecule has 1 aromatic carbocycles. The minimum absolute atomic E-state index is 0.0720. The molecule has 1 amide bonds. The van der Waals surface area contributed by atoms with Crippen LogP contribution in [0, 0.1) is 0 Å². The number of hydrogen-bond donors (Lipinski definition) is 2. The van der Waals surface area contributed by atoms with Crippen molar-refractivity contribution in [3.05, 3.63) is 35.9 Å². The maximum atomic E-state index is 11.6. The van der Waals surface area contributed by atoms with Crippen LogP contribution in [0.4, 0.5) is 0 Å². The second-order valence-electron chi connectivity index (χ2n) is 4.34. The van der Waals surface area contributed by atoms with E-state index in [1.807, 2.05) is 18.2 Å². The summed E-state index contributed by atoms with van der Waals surface area (Å²) in [6.07, 6.45) is 0. The number of nitrogens with one attached hydrogen (secondary N) is 2. The van der Waals surface area contributed by atoms with Crippen LogP contribution in [0.2, 0.25) is 0 Å². The Labute approximate surface area is 102 Å². The predicted octanol–water partition coefficient (Wildman–Crippen LogP) is 0.206. The molecule has 1 saturated heterocycles. The van der Waals surface area contributed by atoms with Crippen molar-refractivity contribution in [2.24, 2.45) is 0 Å². The minimum atomic E-state index is -0.0857. The average molecular weight is 233 g/mol. The lowest BCUT2D eigenvalue weighted by molar-refractivity contribution is -0.123. The van der Waals surface area contributed by atoms with E-state index in [0.717, 1.165) is 26.2 Å². The fourth-order valence-corrected chi connectivity index (χ4v) is 2.15. The summed E-state index contributed by atoms with van der Waals surface area (Å²) in [5.74, 6) is 0.0720. The molecule has 0 bridgehead atoms. The predicted molar refractivity (Wildman–Crippen MR) is 67.6 cm³/mol. The molecule has 1 atom stereocenters. The van der Waals surface area contributed by atoms with Crippen LogP contribution in [0.15, 0.2) is 30.3 Å². The Bertz CT molecular complexity index is 366. The molecule has 1 aliphatic rings. The first kappa shape index (κ1) is 12.1. The van der Waals surface area contributed by atoms with Gasteiger partial charge in [-0.2, -0.15) is 0 Å². The summed E-state index contributed by atoms with van der Waals surface area (Å²) in [7, 11) is 1.68. The summed E-state index contributed by atoms with van der Waals surface area (Å²) < 4.78 is 0. The van der Waals surface area contributed by atoms with Crippen molar-refractivity contribution in [3.8, 4) is 0 Å². The van der Waals surface area contributed by atoms with E-state index in [-0.39, 0.29) is 11.9 Å². The fraction of sp³-hybridized carbons (Fsp3) is 0.462. The van der Waals surface area contributed by atoms with Gasteiger partial charge in [0, 0.05) is 33.2 Å². The van der Waals surface area contributed by atoms with Gasteiger partial charge < -0.3 is 10.6 Å². The van der Waals surface area contributed by atoms with Crippen LogP contribution in [-0.4, -0.2) is 43.5 Å². The van der Waals surface area contributed by atoms with Gasteiger partial charge >= 0.3 is 0 Å². The van der Waals surface area contributed by atoms with Crippen LogP contribution in [0.5, 0.6) is 0 Å². The number of piperazine rings is 1. The van der Waals surface area contributed by atoms with E-state index in [2.05, 4.69) is 27.7 Å². The Hall–Kier alpha value is -1.39. The number of benzene rings is 1. The first-order chi connectivity index (χ1) is 8.29. The van der Waals surface area contributed by atoms with Gasteiger partial charge in [-0.15, -0.1) is 0 Å². The van der Waals surface area contributed by atoms with E-state index in [0.29, 0.717) is 0 Å². The van der Waals surface area contributed by atoms with Crippen LogP contribution in [0.1, 0.15) is 5.56 Å². The van der Waals surface area contributed by atoms with Gasteiger partial charge in [0.25, 0.3) is 0 Å². The SMILES string of the molecule is CNC(=O)[C@@H]1CN(Cc2ccccc2)CCN1. The third kappa shape index (κ3) is 3.28. The number of hydrogen-bond acceptors (Lipinski definition) is 3. The van der Waals surface area contributed by atoms with Gasteiger partial charge in [-0.3, -0.25) is 9.69 Å². The van der Waals surface area contributed by atoms with E-state index in [4.69, 9.17) is 0 Å². The zero-order valence-corrected chi connectivity index (χ0v) is 10.1. The van der Waals surface area contributed by atoms with Gasteiger partial charge in [0.2, 0.25) is 5.91 Å². The van der Waals surface area contributed by atoms with Crippen LogP contribution >= 0.6 is 0 Å². The van der Waals surface area contributed by atoms with Crippen LogP contribution < -0.4 is 10.6 Å². The molecule has 17 heavy (non-hydrogen) atoms. The van der Waals surface area contributed by atoms with E-state index in [1.54, 1.807) is 7.05 Å². The summed E-state index contributed by atoms with van der Waals surface area (Å²) >= 11 is 0. The van der Waals surface area contributed by atoms with Crippen molar-refractivity contribution in [2.75, 3.05) is 26.7 Å². The van der Waals surface area contributed by atoms with Crippen molar-refractivity contribution in [2.45, 2.75) is 12.6 Å². The van der Waals surface area contributed by atoms with E-state index in [1.165, 1.54) is 5.56 Å². The molecule has 4 heteroatoms. The highest BCUT2D eigenvalue weighted by atomic mass is 16.2. The summed E-state index contributed by atoms with van der Waals surface area (Å²) in [6, 6.07) is 10.3. The molecule has 1 fully saturated rings. The third-order valence-electron chi connectivity index (χ3n) is 3.07. The Morgan fingerprint density at radius 2 is 2.24 bits per heavy atom. The third-order valence-corrected chi connectivity index (χ3v) is 3.07. The molecule has 1 aromatic rings. The quantitative estimate of drug-likeness (QED) is 0.784. The lowest BCUT2D eigenvalue weighted by Crippen LogP contribution is -2.56. The zero-order chi connectivity index (χ0) is 12.1. The van der Waals surface area contributed by atoms with Gasteiger partial charge in [-0.25, -0.2) is 0 Å². The second-order valence-corrected chi connectivity index (χ2v) is 4.34. The molecular weight excluding hydrogens is 214 g/mol. The summed E-state index contributed by atoms with van der Waals surface area (Å²) in [4.78, 5) is 13.9. The highest BCUT2D eigenvalue weighted by molar-refractivity contribution is 5.81. The number of nitrogens with zero attached hydrogens (tertiary/aromatic N) is 1. The van der Waals surface area contributed by atoms with Gasteiger partial charge in [0.05, 0.1) is 6.04 Å². The molecular formula is C13H19N3O. The van der Waals surface area contributed by atoms with Gasteiger partial charge in [0.1, 0.15) is 0 Å². The lowest BCUT2D eigenvalue weighted by atomic mass is 10.1. The highest BCUT2D eigenvalue weighted by Crippen LogP contribution is 2.07. The minimum Gasteiger partial charge on any atom is -0.358 e. The standard InChI is InChI=1S/C13H19N3O/c1-14-13(17)12-10-16(8-7-15-12)9-11-5-3-2-4-6-11/h2-6,12,15H,7-10H2,1H3,(H,14,17)/t12-/m0/s1. The molecule has 2 N–H and O–H groups in total. The van der Waals surface area contributed by atoms with Crippen molar-refractivity contribution in [3.63, 3.8) is 0 Å². The number of rotatable bonds is 3. The molecule has 2 rings (SSSR count). The van der Waals surface area contributed by atoms with E-state index in [9.17, 15) is 4.79 Å². The molecule has 0 unspecified atom stereocenters. The highest BCUT2D eigenvalue weighted by Gasteiger charge is 2.24. The molecule has 4 nitrogen and oxygen atoms in total. The smallest absolute Gasteiger partial charge is 0.238 e. The first-order valence-corrected chi connectivity index (χ1v) is 6.01. The largest absolute Gasteiger partial charge is 0.358 e. The normalized spacial score (nSPS) is 21.1.